The standard InChI is InChI=1S/C26H27N5O4/c1-16-22(26(34)31(30(16)2)19-11-4-3-5-12-19)27-23(33)17-9-8-10-18(15-17)24-28-29-25(35-24)20-13-6-7-14-21(20)32/h3-7,11-14,17-18,32H,8-10,15H2,1-2H3,(H,27,33)/t17-,18+/m1/s1. The molecule has 1 fully saturated rings. The number of nitrogens with zero attached hydrogens (tertiary/aromatic N) is 4. The molecule has 2 N–H and O–H groups in total. The van der Waals surface area contributed by atoms with E-state index in [1.807, 2.05) is 37.3 Å². The van der Waals surface area contributed by atoms with Gasteiger partial charge in [-0.15, -0.1) is 10.2 Å². The van der Waals surface area contributed by atoms with Crippen LogP contribution < -0.4 is 10.9 Å². The third kappa shape index (κ3) is 4.25. The molecule has 1 aliphatic rings. The Hall–Kier alpha value is -4.14. The van der Waals surface area contributed by atoms with Crippen molar-refractivity contribution in [3.05, 3.63) is 76.5 Å². The number of hydrogen-bond acceptors (Lipinski definition) is 6. The largest absolute Gasteiger partial charge is 0.507 e. The zero-order chi connectivity index (χ0) is 24.5. The molecular weight excluding hydrogens is 446 g/mol. The van der Waals surface area contributed by atoms with Crippen LogP contribution in [0.1, 0.15) is 43.2 Å². The quantitative estimate of drug-likeness (QED) is 0.450. The van der Waals surface area contributed by atoms with Crippen LogP contribution in [0.3, 0.4) is 0 Å². The Morgan fingerprint density at radius 3 is 2.60 bits per heavy atom. The van der Waals surface area contributed by atoms with Gasteiger partial charge in [-0.2, -0.15) is 0 Å². The number of anilines is 1. The Bertz CT molecular complexity index is 1420. The molecule has 35 heavy (non-hydrogen) atoms. The maximum absolute atomic E-state index is 13.2. The smallest absolute Gasteiger partial charge is 0.295 e. The van der Waals surface area contributed by atoms with Crippen molar-refractivity contribution >= 4 is 11.6 Å². The molecule has 1 saturated carbocycles. The summed E-state index contributed by atoms with van der Waals surface area (Å²) < 4.78 is 9.17. The number of carbonyl (C=O) groups excluding carboxylic acids is 1. The molecule has 2 heterocycles. The summed E-state index contributed by atoms with van der Waals surface area (Å²) in [6, 6.07) is 16.1. The van der Waals surface area contributed by atoms with Gasteiger partial charge in [-0.25, -0.2) is 4.68 Å². The number of aromatic hydroxyl groups is 1. The van der Waals surface area contributed by atoms with Crippen LogP contribution in [-0.4, -0.2) is 30.6 Å². The van der Waals surface area contributed by atoms with E-state index < -0.39 is 0 Å². The number of amides is 1. The molecular formula is C26H27N5O4. The minimum Gasteiger partial charge on any atom is -0.507 e. The van der Waals surface area contributed by atoms with Crippen LogP contribution in [0.2, 0.25) is 0 Å². The Morgan fingerprint density at radius 2 is 1.83 bits per heavy atom. The van der Waals surface area contributed by atoms with Gasteiger partial charge in [-0.05, 0) is 50.5 Å². The molecule has 4 aromatic rings. The van der Waals surface area contributed by atoms with E-state index in [1.54, 1.807) is 40.7 Å². The van der Waals surface area contributed by atoms with Crippen LogP contribution in [0.4, 0.5) is 5.69 Å². The first-order valence-corrected chi connectivity index (χ1v) is 11.7. The van der Waals surface area contributed by atoms with E-state index in [0.29, 0.717) is 29.3 Å². The first kappa shape index (κ1) is 22.6. The van der Waals surface area contributed by atoms with E-state index in [2.05, 4.69) is 15.5 Å². The predicted octanol–water partition coefficient (Wildman–Crippen LogP) is 4.15. The predicted molar refractivity (Wildman–Crippen MR) is 130 cm³/mol. The van der Waals surface area contributed by atoms with E-state index in [-0.39, 0.29) is 34.9 Å². The topological polar surface area (TPSA) is 115 Å². The summed E-state index contributed by atoms with van der Waals surface area (Å²) in [7, 11) is 1.80. The monoisotopic (exact) mass is 473 g/mol. The normalized spacial score (nSPS) is 17.9. The molecule has 9 heteroatoms. The summed E-state index contributed by atoms with van der Waals surface area (Å²) in [5, 5.41) is 21.3. The van der Waals surface area contributed by atoms with Crippen LogP contribution in [0.15, 0.2) is 63.8 Å². The number of hydrogen-bond donors (Lipinski definition) is 2. The van der Waals surface area contributed by atoms with Crippen molar-refractivity contribution in [2.45, 2.75) is 38.5 Å². The summed E-state index contributed by atoms with van der Waals surface area (Å²) in [4.78, 5) is 26.4. The van der Waals surface area contributed by atoms with Crippen LogP contribution in [-0.2, 0) is 11.8 Å². The molecule has 0 aliphatic heterocycles. The SMILES string of the molecule is Cc1c(NC(=O)[C@@H]2CCC[C@H](c3nnc(-c4ccccc4O)o3)C2)c(=O)n(-c2ccccc2)n1C. The van der Waals surface area contributed by atoms with E-state index in [9.17, 15) is 14.7 Å². The van der Waals surface area contributed by atoms with Crippen molar-refractivity contribution in [3.8, 4) is 22.9 Å². The van der Waals surface area contributed by atoms with E-state index in [0.717, 1.165) is 24.9 Å². The molecule has 2 atom stereocenters. The minimum atomic E-state index is -0.279. The highest BCUT2D eigenvalue weighted by Crippen LogP contribution is 2.38. The molecule has 5 rings (SSSR count). The molecule has 0 saturated heterocycles. The number of carbonyl (C=O) groups is 1. The molecule has 180 valence electrons. The number of phenolic OH excluding ortho intramolecular Hbond substituents is 1. The average Bonchev–Trinajstić information content (AvgIpc) is 3.45. The van der Waals surface area contributed by atoms with E-state index in [1.165, 1.54) is 0 Å². The lowest BCUT2D eigenvalue weighted by molar-refractivity contribution is -0.121. The number of rotatable bonds is 5. The van der Waals surface area contributed by atoms with Crippen LogP contribution in [0, 0.1) is 12.8 Å². The number of nitrogens with one attached hydrogen (secondary N) is 1. The summed E-state index contributed by atoms with van der Waals surface area (Å²) in [5.74, 6) is 0.265. The zero-order valence-corrected chi connectivity index (χ0v) is 19.6. The minimum absolute atomic E-state index is 0.0653. The lowest BCUT2D eigenvalue weighted by Gasteiger charge is -2.26. The molecule has 1 amide bonds. The second-order valence-corrected chi connectivity index (χ2v) is 8.95. The molecule has 9 nitrogen and oxygen atoms in total. The van der Waals surface area contributed by atoms with Gasteiger partial charge in [-0.1, -0.05) is 36.8 Å². The maximum atomic E-state index is 13.2. The van der Waals surface area contributed by atoms with E-state index >= 15 is 0 Å². The first-order chi connectivity index (χ1) is 16.9. The third-order valence-electron chi connectivity index (χ3n) is 6.77. The molecule has 0 bridgehead atoms. The van der Waals surface area contributed by atoms with E-state index in [4.69, 9.17) is 4.42 Å². The third-order valence-corrected chi connectivity index (χ3v) is 6.77. The van der Waals surface area contributed by atoms with Gasteiger partial charge in [0, 0.05) is 18.9 Å². The molecule has 2 aromatic heterocycles. The number of benzene rings is 2. The van der Waals surface area contributed by atoms with Crippen LogP contribution in [0.5, 0.6) is 5.75 Å². The van der Waals surface area contributed by atoms with Gasteiger partial charge in [0.2, 0.25) is 11.8 Å². The molecule has 0 radical (unpaired) electrons. The van der Waals surface area contributed by atoms with Crippen molar-refractivity contribution in [1.29, 1.82) is 0 Å². The number of para-hydroxylation sites is 2. The number of aromatic nitrogens is 4. The lowest BCUT2D eigenvalue weighted by atomic mass is 9.81. The van der Waals surface area contributed by atoms with Crippen molar-refractivity contribution in [2.24, 2.45) is 13.0 Å². The van der Waals surface area contributed by atoms with Crippen molar-refractivity contribution in [2.75, 3.05) is 5.32 Å². The lowest BCUT2D eigenvalue weighted by Crippen LogP contribution is -2.30. The summed E-state index contributed by atoms with van der Waals surface area (Å²) >= 11 is 0. The van der Waals surface area contributed by atoms with Gasteiger partial charge < -0.3 is 14.8 Å². The second kappa shape index (κ2) is 9.25. The van der Waals surface area contributed by atoms with Gasteiger partial charge in [0.25, 0.3) is 11.4 Å². The van der Waals surface area contributed by atoms with Crippen molar-refractivity contribution in [1.82, 2.24) is 19.6 Å². The average molecular weight is 474 g/mol. The first-order valence-electron chi connectivity index (χ1n) is 11.7. The Morgan fingerprint density at radius 1 is 1.09 bits per heavy atom. The fraction of sp³-hybridized carbons (Fsp3) is 0.308. The second-order valence-electron chi connectivity index (χ2n) is 8.95. The molecule has 1 aliphatic carbocycles. The Balaban J connectivity index is 1.33. The van der Waals surface area contributed by atoms with Crippen LogP contribution in [0.25, 0.3) is 17.1 Å². The molecule has 0 unspecified atom stereocenters. The van der Waals surface area contributed by atoms with Gasteiger partial charge >= 0.3 is 0 Å². The zero-order valence-electron chi connectivity index (χ0n) is 19.6. The Kier molecular flexibility index (Phi) is 5.98. The summed E-state index contributed by atoms with van der Waals surface area (Å²) in [6.45, 7) is 1.82. The van der Waals surface area contributed by atoms with Crippen LogP contribution >= 0.6 is 0 Å². The van der Waals surface area contributed by atoms with Gasteiger partial charge in [0.15, 0.2) is 0 Å². The highest BCUT2D eigenvalue weighted by molar-refractivity contribution is 5.93. The summed E-state index contributed by atoms with van der Waals surface area (Å²) in [6.07, 6.45) is 2.94. The van der Waals surface area contributed by atoms with Gasteiger partial charge in [0.1, 0.15) is 11.4 Å². The fourth-order valence-electron chi connectivity index (χ4n) is 4.75. The van der Waals surface area contributed by atoms with Gasteiger partial charge in [0.05, 0.1) is 16.9 Å². The maximum Gasteiger partial charge on any atom is 0.295 e. The molecule has 0 spiro atoms. The highest BCUT2D eigenvalue weighted by atomic mass is 16.4. The van der Waals surface area contributed by atoms with Gasteiger partial charge in [-0.3, -0.25) is 14.3 Å². The fourth-order valence-corrected chi connectivity index (χ4v) is 4.75. The number of phenols is 1. The highest BCUT2D eigenvalue weighted by Gasteiger charge is 2.32. The Labute approximate surface area is 202 Å². The molecule has 2 aromatic carbocycles. The van der Waals surface area contributed by atoms with Crippen molar-refractivity contribution in [3.63, 3.8) is 0 Å². The van der Waals surface area contributed by atoms with Crippen molar-refractivity contribution < 1.29 is 14.3 Å². The summed E-state index contributed by atoms with van der Waals surface area (Å²) in [5.41, 5.74) is 1.93.